The van der Waals surface area contributed by atoms with Crippen LogP contribution in [-0.4, -0.2) is 20.2 Å². The van der Waals surface area contributed by atoms with Crippen LogP contribution in [0.15, 0.2) is 33.9 Å². The first-order chi connectivity index (χ1) is 12.5. The lowest BCUT2D eigenvalue weighted by molar-refractivity contribution is 0.466. The van der Waals surface area contributed by atoms with Crippen molar-refractivity contribution in [3.63, 3.8) is 0 Å². The Morgan fingerprint density at radius 1 is 1.12 bits per heavy atom. The number of fused-ring (bicyclic) bond motifs is 1. The van der Waals surface area contributed by atoms with E-state index in [0.717, 1.165) is 37.6 Å². The Labute approximate surface area is 163 Å². The second kappa shape index (κ2) is 6.98. The highest BCUT2D eigenvalue weighted by Gasteiger charge is 2.16. The monoisotopic (exact) mass is 402 g/mol. The van der Waals surface area contributed by atoms with Crippen LogP contribution in [0.1, 0.15) is 21.8 Å². The van der Waals surface area contributed by atoms with Gasteiger partial charge in [-0.25, -0.2) is 9.97 Å². The molecule has 8 heteroatoms. The maximum atomic E-state index is 6.35. The molecule has 0 N–H and O–H groups in total. The van der Waals surface area contributed by atoms with E-state index >= 15 is 0 Å². The molecule has 3 aromatic heterocycles. The van der Waals surface area contributed by atoms with Gasteiger partial charge in [-0.2, -0.15) is 0 Å². The van der Waals surface area contributed by atoms with Crippen LogP contribution >= 0.6 is 34.7 Å². The number of nitrogens with zero attached hydrogens (tertiary/aromatic N) is 4. The van der Waals surface area contributed by atoms with E-state index in [-0.39, 0.29) is 0 Å². The highest BCUT2D eigenvalue weighted by Crippen LogP contribution is 2.32. The zero-order valence-electron chi connectivity index (χ0n) is 14.4. The van der Waals surface area contributed by atoms with Crippen molar-refractivity contribution in [3.8, 4) is 10.8 Å². The predicted octanol–water partition coefficient (Wildman–Crippen LogP) is 5.61. The van der Waals surface area contributed by atoms with E-state index in [0.29, 0.717) is 22.0 Å². The summed E-state index contributed by atoms with van der Waals surface area (Å²) in [6.07, 6.45) is 0. The first kappa shape index (κ1) is 17.5. The van der Waals surface area contributed by atoms with Gasteiger partial charge >= 0.3 is 0 Å². The van der Waals surface area contributed by atoms with Gasteiger partial charge in [0.15, 0.2) is 0 Å². The average molecular weight is 403 g/mol. The number of thioether (sulfide) groups is 1. The molecule has 0 aliphatic carbocycles. The third-order valence-electron chi connectivity index (χ3n) is 3.85. The van der Waals surface area contributed by atoms with Crippen molar-refractivity contribution in [1.29, 1.82) is 0 Å². The number of pyridine rings is 1. The standard InChI is InChI=1S/C18H15ClN4OS2/c1-9-4-5-12-7-13(16(19)21-14(12)6-9)8-25-18-23-22-17(24-18)15-10(2)20-11(3)26-15/h4-7H,8H2,1-3H3. The van der Waals surface area contributed by atoms with Crippen molar-refractivity contribution in [2.24, 2.45) is 0 Å². The molecule has 1 aromatic carbocycles. The van der Waals surface area contributed by atoms with Crippen molar-refractivity contribution in [1.82, 2.24) is 20.2 Å². The number of hydrogen-bond acceptors (Lipinski definition) is 7. The minimum absolute atomic E-state index is 0.504. The van der Waals surface area contributed by atoms with Gasteiger partial charge in [-0.3, -0.25) is 0 Å². The van der Waals surface area contributed by atoms with Gasteiger partial charge in [-0.05, 0) is 38.5 Å². The largest absolute Gasteiger partial charge is 0.410 e. The van der Waals surface area contributed by atoms with E-state index in [9.17, 15) is 0 Å². The molecule has 0 saturated carbocycles. The number of aromatic nitrogens is 4. The van der Waals surface area contributed by atoms with Crippen LogP contribution in [0.4, 0.5) is 0 Å². The SMILES string of the molecule is Cc1ccc2cc(CSc3nnc(-c4sc(C)nc4C)o3)c(Cl)nc2c1. The van der Waals surface area contributed by atoms with Crippen LogP contribution in [0.25, 0.3) is 21.7 Å². The minimum atomic E-state index is 0.504. The second-order valence-corrected chi connectivity index (χ2v) is 8.43. The third kappa shape index (κ3) is 3.47. The summed E-state index contributed by atoms with van der Waals surface area (Å²) in [4.78, 5) is 9.81. The lowest BCUT2D eigenvalue weighted by Gasteiger charge is -2.05. The molecule has 0 aliphatic heterocycles. The molecule has 0 spiro atoms. The van der Waals surface area contributed by atoms with Crippen LogP contribution in [0, 0.1) is 20.8 Å². The van der Waals surface area contributed by atoms with Gasteiger partial charge in [-0.1, -0.05) is 35.5 Å². The fraction of sp³-hybridized carbons (Fsp3) is 0.222. The maximum Gasteiger partial charge on any atom is 0.277 e. The average Bonchev–Trinajstić information content (AvgIpc) is 3.19. The molecule has 4 rings (SSSR count). The number of benzene rings is 1. The molecule has 0 atom stereocenters. The molecule has 0 amide bonds. The van der Waals surface area contributed by atoms with Crippen LogP contribution in [0.5, 0.6) is 0 Å². The summed E-state index contributed by atoms with van der Waals surface area (Å²) in [5.74, 6) is 1.12. The van der Waals surface area contributed by atoms with Gasteiger partial charge in [0.25, 0.3) is 11.1 Å². The van der Waals surface area contributed by atoms with Gasteiger partial charge in [0.05, 0.1) is 16.2 Å². The van der Waals surface area contributed by atoms with Crippen molar-refractivity contribution in [2.45, 2.75) is 31.7 Å². The van der Waals surface area contributed by atoms with Crippen molar-refractivity contribution >= 4 is 45.6 Å². The van der Waals surface area contributed by atoms with Gasteiger partial charge in [0.2, 0.25) is 0 Å². The van der Waals surface area contributed by atoms with Gasteiger partial charge < -0.3 is 4.42 Å². The van der Waals surface area contributed by atoms with Crippen LogP contribution in [0.2, 0.25) is 5.15 Å². The molecule has 0 aliphatic rings. The molecular formula is C18H15ClN4OS2. The quantitative estimate of drug-likeness (QED) is 0.326. The van der Waals surface area contributed by atoms with E-state index in [1.165, 1.54) is 11.8 Å². The molecular weight excluding hydrogens is 388 g/mol. The number of aryl methyl sites for hydroxylation is 3. The van der Waals surface area contributed by atoms with Gasteiger partial charge in [0.1, 0.15) is 10.0 Å². The van der Waals surface area contributed by atoms with Crippen molar-refractivity contribution < 1.29 is 4.42 Å². The first-order valence-corrected chi connectivity index (χ1v) is 10.1. The number of rotatable bonds is 4. The summed E-state index contributed by atoms with van der Waals surface area (Å²) >= 11 is 9.35. The number of thiazole rings is 1. The van der Waals surface area contributed by atoms with E-state index < -0.39 is 0 Å². The molecule has 132 valence electrons. The lowest BCUT2D eigenvalue weighted by atomic mass is 10.1. The summed E-state index contributed by atoms with van der Waals surface area (Å²) in [5, 5.41) is 11.3. The molecule has 0 unspecified atom stereocenters. The fourth-order valence-electron chi connectivity index (χ4n) is 2.63. The number of hydrogen-bond donors (Lipinski definition) is 0. The zero-order chi connectivity index (χ0) is 18.3. The minimum Gasteiger partial charge on any atom is -0.410 e. The highest BCUT2D eigenvalue weighted by molar-refractivity contribution is 7.98. The van der Waals surface area contributed by atoms with E-state index in [2.05, 4.69) is 38.4 Å². The summed E-state index contributed by atoms with van der Waals surface area (Å²) in [7, 11) is 0. The molecule has 0 fully saturated rings. The van der Waals surface area contributed by atoms with Crippen molar-refractivity contribution in [2.75, 3.05) is 0 Å². The Morgan fingerprint density at radius 2 is 1.96 bits per heavy atom. The normalized spacial score (nSPS) is 11.4. The summed E-state index contributed by atoms with van der Waals surface area (Å²) in [6, 6.07) is 8.22. The fourth-order valence-corrected chi connectivity index (χ4v) is 4.50. The first-order valence-electron chi connectivity index (χ1n) is 7.96. The Balaban J connectivity index is 1.54. The molecule has 5 nitrogen and oxygen atoms in total. The summed E-state index contributed by atoms with van der Waals surface area (Å²) < 4.78 is 5.78. The van der Waals surface area contributed by atoms with Crippen LogP contribution < -0.4 is 0 Å². The number of halogens is 1. The van der Waals surface area contributed by atoms with Crippen molar-refractivity contribution in [3.05, 3.63) is 51.2 Å². The Bertz CT molecular complexity index is 1110. The molecule has 0 saturated heterocycles. The van der Waals surface area contributed by atoms with E-state index in [1.807, 2.05) is 26.8 Å². The highest BCUT2D eigenvalue weighted by atomic mass is 35.5. The molecule has 4 aromatic rings. The molecule has 3 heterocycles. The Kier molecular flexibility index (Phi) is 4.69. The molecule has 0 radical (unpaired) electrons. The molecule has 0 bridgehead atoms. The molecule has 26 heavy (non-hydrogen) atoms. The summed E-state index contributed by atoms with van der Waals surface area (Å²) in [5.41, 5.74) is 3.91. The zero-order valence-corrected chi connectivity index (χ0v) is 16.8. The summed E-state index contributed by atoms with van der Waals surface area (Å²) in [6.45, 7) is 5.94. The van der Waals surface area contributed by atoms with Gasteiger partial charge in [-0.15, -0.1) is 21.5 Å². The Morgan fingerprint density at radius 3 is 2.73 bits per heavy atom. The second-order valence-electron chi connectivity index (χ2n) is 5.94. The van der Waals surface area contributed by atoms with Gasteiger partial charge in [0, 0.05) is 16.7 Å². The smallest absolute Gasteiger partial charge is 0.277 e. The van der Waals surface area contributed by atoms with Crippen LogP contribution in [-0.2, 0) is 5.75 Å². The Hall–Kier alpha value is -1.96. The maximum absolute atomic E-state index is 6.35. The third-order valence-corrected chi connectivity index (χ3v) is 6.11. The van der Waals surface area contributed by atoms with E-state index in [4.69, 9.17) is 16.0 Å². The lowest BCUT2D eigenvalue weighted by Crippen LogP contribution is -1.89. The van der Waals surface area contributed by atoms with E-state index in [1.54, 1.807) is 11.3 Å². The topological polar surface area (TPSA) is 64.7 Å². The van der Waals surface area contributed by atoms with Crippen LogP contribution in [0.3, 0.4) is 0 Å². The predicted molar refractivity (Wildman–Crippen MR) is 106 cm³/mol.